The summed E-state index contributed by atoms with van der Waals surface area (Å²) < 4.78 is 7.85. The predicted molar refractivity (Wildman–Crippen MR) is 112 cm³/mol. The van der Waals surface area contributed by atoms with Crippen molar-refractivity contribution in [2.75, 3.05) is 13.1 Å². The molecule has 1 aromatic carbocycles. The summed E-state index contributed by atoms with van der Waals surface area (Å²) in [6, 6.07) is 6.50. The first-order chi connectivity index (χ1) is 13.5. The molecule has 5 heteroatoms. The molecule has 1 fully saturated rings. The lowest BCUT2D eigenvalue weighted by Gasteiger charge is -2.34. The molecule has 1 aliphatic heterocycles. The highest BCUT2D eigenvalue weighted by molar-refractivity contribution is 5.38. The van der Waals surface area contributed by atoms with Crippen molar-refractivity contribution >= 4 is 0 Å². The van der Waals surface area contributed by atoms with Crippen LogP contribution in [0.5, 0.6) is 5.75 Å². The quantitative estimate of drug-likeness (QED) is 0.703. The third-order valence-corrected chi connectivity index (χ3v) is 5.46. The van der Waals surface area contributed by atoms with Crippen LogP contribution in [0.25, 0.3) is 0 Å². The number of ether oxygens (including phenoxy) is 1. The fraction of sp³-hybridized carbons (Fsp3) is 0.522. The first kappa shape index (κ1) is 20.6. The first-order valence-corrected chi connectivity index (χ1v) is 10.2. The molecule has 0 saturated carbocycles. The van der Waals surface area contributed by atoms with Crippen molar-refractivity contribution in [2.45, 2.75) is 51.9 Å². The van der Waals surface area contributed by atoms with Gasteiger partial charge >= 0.3 is 0 Å². The summed E-state index contributed by atoms with van der Waals surface area (Å²) in [4.78, 5) is 6.78. The van der Waals surface area contributed by atoms with Gasteiger partial charge in [0.1, 0.15) is 17.7 Å². The van der Waals surface area contributed by atoms with Crippen LogP contribution in [0, 0.1) is 5.92 Å². The number of hydrogen-bond acceptors (Lipinski definition) is 4. The van der Waals surface area contributed by atoms with E-state index in [2.05, 4.69) is 48.5 Å². The number of aryl methyl sites for hydroxylation is 1. The summed E-state index contributed by atoms with van der Waals surface area (Å²) >= 11 is 0. The number of allylic oxidation sites excluding steroid dienone is 1. The van der Waals surface area contributed by atoms with Gasteiger partial charge in [-0.15, -0.1) is 6.58 Å². The van der Waals surface area contributed by atoms with Crippen LogP contribution < -0.4 is 4.74 Å². The molecule has 0 spiro atoms. The molecule has 1 saturated heterocycles. The van der Waals surface area contributed by atoms with E-state index in [4.69, 9.17) is 4.74 Å². The van der Waals surface area contributed by atoms with Crippen molar-refractivity contribution in [3.63, 3.8) is 0 Å². The number of imidazole rings is 1. The fourth-order valence-electron chi connectivity index (χ4n) is 3.97. The molecule has 1 aromatic heterocycles. The molecule has 28 heavy (non-hydrogen) atoms. The Labute approximate surface area is 168 Å². The zero-order chi connectivity index (χ0) is 20.1. The van der Waals surface area contributed by atoms with Crippen molar-refractivity contribution in [3.05, 3.63) is 60.2 Å². The third kappa shape index (κ3) is 5.03. The number of aliphatic hydroxyl groups is 1. The van der Waals surface area contributed by atoms with E-state index in [1.165, 1.54) is 11.1 Å². The fourth-order valence-corrected chi connectivity index (χ4v) is 3.97. The summed E-state index contributed by atoms with van der Waals surface area (Å²) in [5, 5.41) is 10.7. The monoisotopic (exact) mass is 383 g/mol. The Morgan fingerprint density at radius 1 is 1.32 bits per heavy atom. The molecular weight excluding hydrogens is 350 g/mol. The average molecular weight is 384 g/mol. The van der Waals surface area contributed by atoms with Gasteiger partial charge in [-0.1, -0.05) is 18.2 Å². The van der Waals surface area contributed by atoms with E-state index in [9.17, 15) is 5.11 Å². The highest BCUT2D eigenvalue weighted by Gasteiger charge is 2.28. The summed E-state index contributed by atoms with van der Waals surface area (Å²) in [5.74, 6) is 2.00. The number of hydrogen-bond donors (Lipinski definition) is 1. The van der Waals surface area contributed by atoms with Gasteiger partial charge in [-0.2, -0.15) is 0 Å². The Hall–Kier alpha value is -2.11. The van der Waals surface area contributed by atoms with Gasteiger partial charge in [0.15, 0.2) is 0 Å². The number of aromatic nitrogens is 2. The van der Waals surface area contributed by atoms with E-state index in [1.807, 2.05) is 23.9 Å². The Balaban J connectivity index is 1.59. The van der Waals surface area contributed by atoms with Crippen LogP contribution in [-0.4, -0.2) is 38.8 Å². The molecule has 3 rings (SSSR count). The molecule has 0 aliphatic carbocycles. The van der Waals surface area contributed by atoms with Gasteiger partial charge in [0.2, 0.25) is 0 Å². The second-order valence-corrected chi connectivity index (χ2v) is 8.06. The van der Waals surface area contributed by atoms with Gasteiger partial charge in [-0.3, -0.25) is 4.90 Å². The molecular formula is C23H33N3O2. The van der Waals surface area contributed by atoms with Crippen LogP contribution >= 0.6 is 0 Å². The van der Waals surface area contributed by atoms with Crippen LogP contribution in [0.3, 0.4) is 0 Å². The standard InChI is InChI=1S/C23H33N3O2/c1-5-6-20-15-18(7-8-21(20)28-17(2)3)16-26-12-9-19(10-13-26)22(27)23-24-11-14-25(23)4/h5,7-8,11,14-15,17,19,22,27H,1,6,9-10,12-13,16H2,2-4H3. The second-order valence-electron chi connectivity index (χ2n) is 8.06. The first-order valence-electron chi connectivity index (χ1n) is 10.2. The molecule has 5 nitrogen and oxygen atoms in total. The summed E-state index contributed by atoms with van der Waals surface area (Å²) in [7, 11) is 1.94. The molecule has 0 amide bonds. The van der Waals surface area contributed by atoms with Crippen molar-refractivity contribution < 1.29 is 9.84 Å². The smallest absolute Gasteiger partial charge is 0.137 e. The maximum atomic E-state index is 10.7. The van der Waals surface area contributed by atoms with E-state index in [-0.39, 0.29) is 12.0 Å². The molecule has 1 N–H and O–H groups in total. The Bertz CT molecular complexity index is 776. The molecule has 2 heterocycles. The van der Waals surface area contributed by atoms with Gasteiger partial charge in [-0.25, -0.2) is 4.98 Å². The zero-order valence-electron chi connectivity index (χ0n) is 17.3. The highest BCUT2D eigenvalue weighted by atomic mass is 16.5. The maximum Gasteiger partial charge on any atom is 0.137 e. The SMILES string of the molecule is C=CCc1cc(CN2CCC(C(O)c3nccn3C)CC2)ccc1OC(C)C. The maximum absolute atomic E-state index is 10.7. The molecule has 2 aromatic rings. The van der Waals surface area contributed by atoms with Gasteiger partial charge in [0.05, 0.1) is 6.10 Å². The summed E-state index contributed by atoms with van der Waals surface area (Å²) in [6.45, 7) is 10.9. The lowest BCUT2D eigenvalue weighted by Crippen LogP contribution is -2.35. The second kappa shape index (κ2) is 9.39. The lowest BCUT2D eigenvalue weighted by atomic mass is 9.90. The number of benzene rings is 1. The molecule has 0 radical (unpaired) electrons. The molecule has 1 unspecified atom stereocenters. The third-order valence-electron chi connectivity index (χ3n) is 5.46. The number of nitrogens with zero attached hydrogens (tertiary/aromatic N) is 3. The van der Waals surface area contributed by atoms with Crippen molar-refractivity contribution in [1.29, 1.82) is 0 Å². The normalized spacial score (nSPS) is 17.0. The largest absolute Gasteiger partial charge is 0.491 e. The Morgan fingerprint density at radius 3 is 2.68 bits per heavy atom. The minimum atomic E-state index is -0.478. The predicted octanol–water partition coefficient (Wildman–Crippen LogP) is 3.88. The lowest BCUT2D eigenvalue weighted by molar-refractivity contribution is 0.0492. The van der Waals surface area contributed by atoms with Gasteiger partial charge in [0.25, 0.3) is 0 Å². The van der Waals surface area contributed by atoms with E-state index >= 15 is 0 Å². The van der Waals surface area contributed by atoms with E-state index < -0.39 is 6.10 Å². The van der Waals surface area contributed by atoms with E-state index in [0.717, 1.165) is 50.5 Å². The van der Waals surface area contributed by atoms with Crippen LogP contribution in [-0.2, 0) is 20.0 Å². The van der Waals surface area contributed by atoms with Gasteiger partial charge in [0, 0.05) is 26.0 Å². The summed E-state index contributed by atoms with van der Waals surface area (Å²) in [5.41, 5.74) is 2.50. The Kier molecular flexibility index (Phi) is 6.92. The number of likely N-dealkylation sites (tertiary alicyclic amines) is 1. The van der Waals surface area contributed by atoms with Crippen LogP contribution in [0.4, 0.5) is 0 Å². The van der Waals surface area contributed by atoms with Crippen LogP contribution in [0.1, 0.15) is 49.7 Å². The average Bonchev–Trinajstić information content (AvgIpc) is 3.10. The van der Waals surface area contributed by atoms with Crippen molar-refractivity contribution in [2.24, 2.45) is 13.0 Å². The van der Waals surface area contributed by atoms with Gasteiger partial charge in [-0.05, 0) is 69.3 Å². The number of aliphatic hydroxyl groups excluding tert-OH is 1. The number of piperidine rings is 1. The summed E-state index contributed by atoms with van der Waals surface area (Å²) in [6.07, 6.45) is 8.05. The van der Waals surface area contributed by atoms with Crippen molar-refractivity contribution in [3.8, 4) is 5.75 Å². The molecule has 1 aliphatic rings. The topological polar surface area (TPSA) is 50.5 Å². The zero-order valence-corrected chi connectivity index (χ0v) is 17.3. The molecule has 1 atom stereocenters. The number of rotatable bonds is 8. The molecule has 152 valence electrons. The molecule has 0 bridgehead atoms. The van der Waals surface area contributed by atoms with Crippen LogP contribution in [0.15, 0.2) is 43.2 Å². The van der Waals surface area contributed by atoms with Crippen LogP contribution in [0.2, 0.25) is 0 Å². The Morgan fingerprint density at radius 2 is 2.07 bits per heavy atom. The van der Waals surface area contributed by atoms with Crippen molar-refractivity contribution in [1.82, 2.24) is 14.5 Å². The highest BCUT2D eigenvalue weighted by Crippen LogP contribution is 2.31. The minimum Gasteiger partial charge on any atom is -0.491 e. The van der Waals surface area contributed by atoms with E-state index in [0.29, 0.717) is 0 Å². The van der Waals surface area contributed by atoms with Gasteiger partial charge < -0.3 is 14.4 Å². The van der Waals surface area contributed by atoms with E-state index in [1.54, 1.807) is 6.20 Å². The minimum absolute atomic E-state index is 0.165.